The van der Waals surface area contributed by atoms with Gasteiger partial charge in [-0.15, -0.1) is 11.3 Å². The lowest BCUT2D eigenvalue weighted by atomic mass is 9.99. The molecule has 0 fully saturated rings. The molecule has 7 rings (SSSR count). The second kappa shape index (κ2) is 6.78. The van der Waals surface area contributed by atoms with Gasteiger partial charge in [-0.3, -0.25) is 4.98 Å². The van der Waals surface area contributed by atoms with E-state index in [1.54, 1.807) is 0 Å². The fourth-order valence-electron chi connectivity index (χ4n) is 4.57. The summed E-state index contributed by atoms with van der Waals surface area (Å²) in [7, 11) is 0. The fraction of sp³-hybridized carbons (Fsp3) is 0. The number of benzene rings is 4. The van der Waals surface area contributed by atoms with Gasteiger partial charge in [0.1, 0.15) is 11.2 Å². The van der Waals surface area contributed by atoms with Crippen LogP contribution in [0.4, 0.5) is 0 Å². The van der Waals surface area contributed by atoms with Crippen molar-refractivity contribution in [2.45, 2.75) is 0 Å². The Labute approximate surface area is 188 Å². The lowest BCUT2D eigenvalue weighted by molar-refractivity contribution is 0.669. The molecule has 3 heterocycles. The highest BCUT2D eigenvalue weighted by atomic mass is 32.1. The summed E-state index contributed by atoms with van der Waals surface area (Å²) in [5.41, 5.74) is 6.31. The third kappa shape index (κ3) is 2.68. The topological polar surface area (TPSA) is 26.0 Å². The van der Waals surface area contributed by atoms with Gasteiger partial charge in [-0.25, -0.2) is 0 Å². The van der Waals surface area contributed by atoms with E-state index in [0.29, 0.717) is 0 Å². The molecule has 150 valence electrons. The van der Waals surface area contributed by atoms with Crippen molar-refractivity contribution >= 4 is 53.4 Å². The SMILES string of the molecule is c1ccc(-c2cccc(-c3ccc4oc5cc6sc7ccccc7c6cc5c4c3)c2)nc1. The van der Waals surface area contributed by atoms with E-state index in [1.165, 1.54) is 36.7 Å². The van der Waals surface area contributed by atoms with E-state index in [0.717, 1.165) is 27.8 Å². The molecular formula is C29H17NOS. The van der Waals surface area contributed by atoms with Crippen molar-refractivity contribution in [3.63, 3.8) is 0 Å². The minimum atomic E-state index is 0.923. The van der Waals surface area contributed by atoms with Gasteiger partial charge in [0.05, 0.1) is 5.69 Å². The first-order valence-corrected chi connectivity index (χ1v) is 11.4. The maximum absolute atomic E-state index is 6.24. The number of hydrogen-bond acceptors (Lipinski definition) is 3. The average molecular weight is 428 g/mol. The van der Waals surface area contributed by atoms with Gasteiger partial charge in [0.25, 0.3) is 0 Å². The van der Waals surface area contributed by atoms with Gasteiger partial charge in [0.2, 0.25) is 0 Å². The van der Waals surface area contributed by atoms with Gasteiger partial charge >= 0.3 is 0 Å². The number of fused-ring (bicyclic) bond motifs is 6. The van der Waals surface area contributed by atoms with Crippen molar-refractivity contribution in [3.8, 4) is 22.4 Å². The highest BCUT2D eigenvalue weighted by molar-refractivity contribution is 7.25. The Balaban J connectivity index is 1.43. The summed E-state index contributed by atoms with van der Waals surface area (Å²) in [4.78, 5) is 4.50. The van der Waals surface area contributed by atoms with Crippen LogP contribution in [-0.2, 0) is 0 Å². The van der Waals surface area contributed by atoms with Crippen molar-refractivity contribution < 1.29 is 4.42 Å². The van der Waals surface area contributed by atoms with Crippen LogP contribution in [0.2, 0.25) is 0 Å². The third-order valence-electron chi connectivity index (χ3n) is 6.13. The Hall–Kier alpha value is -3.95. The van der Waals surface area contributed by atoms with E-state index in [2.05, 4.69) is 83.8 Å². The maximum Gasteiger partial charge on any atom is 0.136 e. The lowest BCUT2D eigenvalue weighted by Gasteiger charge is -2.06. The summed E-state index contributed by atoms with van der Waals surface area (Å²) in [6, 6.07) is 34.1. The molecule has 0 saturated carbocycles. The Bertz CT molecular complexity index is 1780. The van der Waals surface area contributed by atoms with E-state index >= 15 is 0 Å². The van der Waals surface area contributed by atoms with E-state index in [4.69, 9.17) is 4.42 Å². The molecule has 0 unspecified atom stereocenters. The van der Waals surface area contributed by atoms with Crippen LogP contribution in [0.3, 0.4) is 0 Å². The van der Waals surface area contributed by atoms with Crippen LogP contribution in [-0.4, -0.2) is 4.98 Å². The number of rotatable bonds is 2. The van der Waals surface area contributed by atoms with Crippen LogP contribution in [0.15, 0.2) is 108 Å². The first-order chi connectivity index (χ1) is 15.8. The molecule has 0 spiro atoms. The molecule has 0 aliphatic heterocycles. The highest BCUT2D eigenvalue weighted by Crippen LogP contribution is 2.40. The van der Waals surface area contributed by atoms with Crippen molar-refractivity contribution in [3.05, 3.63) is 103 Å². The Morgan fingerprint density at radius 2 is 1.38 bits per heavy atom. The second-order valence-corrected chi connectivity index (χ2v) is 9.14. The van der Waals surface area contributed by atoms with E-state index in [-0.39, 0.29) is 0 Å². The molecule has 0 bridgehead atoms. The number of thiophene rings is 1. The predicted molar refractivity (Wildman–Crippen MR) is 135 cm³/mol. The molecule has 0 amide bonds. The normalized spacial score (nSPS) is 11.8. The molecule has 3 heteroatoms. The van der Waals surface area contributed by atoms with Crippen LogP contribution < -0.4 is 0 Å². The van der Waals surface area contributed by atoms with Crippen molar-refractivity contribution in [1.29, 1.82) is 0 Å². The van der Waals surface area contributed by atoms with Crippen LogP contribution >= 0.6 is 11.3 Å². The average Bonchev–Trinajstić information content (AvgIpc) is 3.40. The standard InChI is InChI=1S/C29H17NOS/c1-2-10-28-21(8-1)24-16-23-22-15-19(11-12-26(22)31-27(23)17-29(24)32-28)18-6-5-7-20(14-18)25-9-3-4-13-30-25/h1-17H. The summed E-state index contributed by atoms with van der Waals surface area (Å²) < 4.78 is 8.81. The van der Waals surface area contributed by atoms with Crippen LogP contribution in [0, 0.1) is 0 Å². The van der Waals surface area contributed by atoms with Crippen molar-refractivity contribution in [1.82, 2.24) is 4.98 Å². The Morgan fingerprint density at radius 3 is 2.31 bits per heavy atom. The molecule has 0 saturated heterocycles. The van der Waals surface area contributed by atoms with Crippen LogP contribution in [0.25, 0.3) is 64.5 Å². The molecule has 2 nitrogen and oxygen atoms in total. The van der Waals surface area contributed by atoms with Crippen molar-refractivity contribution in [2.75, 3.05) is 0 Å². The first-order valence-electron chi connectivity index (χ1n) is 10.6. The predicted octanol–water partition coefficient (Wildman–Crippen LogP) is 8.68. The van der Waals surface area contributed by atoms with Gasteiger partial charge in [-0.2, -0.15) is 0 Å². The number of hydrogen-bond donors (Lipinski definition) is 0. The van der Waals surface area contributed by atoms with Gasteiger partial charge in [0, 0.05) is 42.7 Å². The second-order valence-electron chi connectivity index (χ2n) is 8.05. The molecule has 0 atom stereocenters. The van der Waals surface area contributed by atoms with E-state index in [1.807, 2.05) is 35.7 Å². The minimum Gasteiger partial charge on any atom is -0.456 e. The summed E-state index contributed by atoms with van der Waals surface area (Å²) >= 11 is 1.82. The quantitative estimate of drug-likeness (QED) is 0.276. The number of furan rings is 1. The van der Waals surface area contributed by atoms with Gasteiger partial charge in [0.15, 0.2) is 0 Å². The van der Waals surface area contributed by atoms with Gasteiger partial charge in [-0.1, -0.05) is 48.5 Å². The number of aromatic nitrogens is 1. The minimum absolute atomic E-state index is 0.923. The highest BCUT2D eigenvalue weighted by Gasteiger charge is 2.13. The number of nitrogens with zero attached hydrogens (tertiary/aromatic N) is 1. The summed E-state index contributed by atoms with van der Waals surface area (Å²) in [6.45, 7) is 0. The Kier molecular flexibility index (Phi) is 3.75. The molecule has 7 aromatic rings. The van der Waals surface area contributed by atoms with E-state index < -0.39 is 0 Å². The zero-order chi connectivity index (χ0) is 21.1. The van der Waals surface area contributed by atoms with Crippen molar-refractivity contribution in [2.24, 2.45) is 0 Å². The zero-order valence-electron chi connectivity index (χ0n) is 17.1. The summed E-state index contributed by atoms with van der Waals surface area (Å²) in [5.74, 6) is 0. The monoisotopic (exact) mass is 427 g/mol. The molecule has 0 aliphatic carbocycles. The van der Waals surface area contributed by atoms with E-state index in [9.17, 15) is 0 Å². The molecule has 0 N–H and O–H groups in total. The summed E-state index contributed by atoms with van der Waals surface area (Å²) in [6.07, 6.45) is 1.83. The van der Waals surface area contributed by atoms with Crippen LogP contribution in [0.5, 0.6) is 0 Å². The largest absolute Gasteiger partial charge is 0.456 e. The molecular weight excluding hydrogens is 410 g/mol. The first kappa shape index (κ1) is 17.7. The molecule has 0 aliphatic rings. The Morgan fingerprint density at radius 1 is 0.531 bits per heavy atom. The van der Waals surface area contributed by atoms with Gasteiger partial charge < -0.3 is 4.42 Å². The lowest BCUT2D eigenvalue weighted by Crippen LogP contribution is -1.84. The smallest absolute Gasteiger partial charge is 0.136 e. The molecule has 0 radical (unpaired) electrons. The maximum atomic E-state index is 6.24. The number of pyridine rings is 1. The zero-order valence-corrected chi connectivity index (χ0v) is 17.9. The summed E-state index contributed by atoms with van der Waals surface area (Å²) in [5, 5.41) is 4.92. The fourth-order valence-corrected chi connectivity index (χ4v) is 5.68. The third-order valence-corrected chi connectivity index (χ3v) is 7.26. The molecule has 32 heavy (non-hydrogen) atoms. The van der Waals surface area contributed by atoms with Crippen LogP contribution in [0.1, 0.15) is 0 Å². The van der Waals surface area contributed by atoms with Gasteiger partial charge in [-0.05, 0) is 59.7 Å². The molecule has 3 aromatic heterocycles. The molecule has 4 aromatic carbocycles.